The molecule has 0 fully saturated rings. The van der Waals surface area contributed by atoms with Gasteiger partial charge in [0.1, 0.15) is 0 Å². The van der Waals surface area contributed by atoms with Gasteiger partial charge in [0.2, 0.25) is 0 Å². The summed E-state index contributed by atoms with van der Waals surface area (Å²) in [6.07, 6.45) is 0. The molecule has 2 N–H and O–H groups in total. The molecule has 0 aliphatic heterocycles. The maximum Gasteiger partial charge on any atom is 0.282 e. The average Bonchev–Trinajstić information content (AvgIpc) is 1.98. The van der Waals surface area contributed by atoms with Crippen LogP contribution < -0.4 is 0 Å². The monoisotopic (exact) mass is 282 g/mol. The lowest BCUT2D eigenvalue weighted by atomic mass is 10.9. The lowest BCUT2D eigenvalue weighted by Gasteiger charge is -2.13. The fourth-order valence-electron chi connectivity index (χ4n) is 0.609. The zero-order valence-electron chi connectivity index (χ0n) is 7.72. The average molecular weight is 282 g/mol. The molecule has 0 aromatic heterocycles. The molecule has 0 heterocycles. The van der Waals surface area contributed by atoms with Crippen molar-refractivity contribution < 1.29 is 34.4 Å². The highest BCUT2D eigenvalue weighted by Crippen LogP contribution is 2.17. The van der Waals surface area contributed by atoms with Gasteiger partial charge in [-0.2, -0.15) is 16.8 Å². The maximum atomic E-state index is 11.2. The summed E-state index contributed by atoms with van der Waals surface area (Å²) in [5, 5.41) is 0. The van der Waals surface area contributed by atoms with Crippen LogP contribution >= 0.6 is 0 Å². The third kappa shape index (κ3) is 3.38. The third-order valence-electron chi connectivity index (χ3n) is 1.76. The van der Waals surface area contributed by atoms with Crippen LogP contribution in [0, 0.1) is 0 Å². The Morgan fingerprint density at radius 3 is 1.07 bits per heavy atom. The summed E-state index contributed by atoms with van der Waals surface area (Å²) in [4.78, 5) is 0. The van der Waals surface area contributed by atoms with Crippen molar-refractivity contribution in [2.75, 3.05) is 0 Å². The number of hydrogen-bond acceptors (Lipinski definition) is 6. The molecule has 0 rings (SSSR count). The van der Waals surface area contributed by atoms with E-state index in [4.69, 9.17) is 9.11 Å². The zero-order valence-corrected chi connectivity index (χ0v) is 10.2. The first-order valence-corrected chi connectivity index (χ1v) is 8.08. The second-order valence-electron chi connectivity index (χ2n) is 2.75. The molecule has 0 saturated heterocycles. The molecule has 8 nitrogen and oxygen atoms in total. The van der Waals surface area contributed by atoms with Crippen LogP contribution in [0.25, 0.3) is 0 Å². The van der Waals surface area contributed by atoms with Crippen molar-refractivity contribution in [2.45, 2.75) is 23.0 Å². The van der Waals surface area contributed by atoms with Gasteiger partial charge in [-0.15, -0.1) is 0 Å². The summed E-state index contributed by atoms with van der Waals surface area (Å²) >= 11 is 0. The van der Waals surface area contributed by atoms with Gasteiger partial charge in [-0.25, -0.2) is 8.42 Å². The Morgan fingerprint density at radius 2 is 0.933 bits per heavy atom. The van der Waals surface area contributed by atoms with E-state index in [-0.39, 0.29) is 0 Å². The molecule has 0 aliphatic carbocycles. The van der Waals surface area contributed by atoms with Crippen LogP contribution in [-0.2, 0) is 30.1 Å². The van der Waals surface area contributed by atoms with Crippen molar-refractivity contribution in [3.63, 3.8) is 0 Å². The van der Waals surface area contributed by atoms with E-state index in [1.165, 1.54) is 0 Å². The van der Waals surface area contributed by atoms with E-state index in [1.807, 2.05) is 0 Å². The van der Waals surface area contributed by atoms with Crippen molar-refractivity contribution in [3.8, 4) is 0 Å². The lowest BCUT2D eigenvalue weighted by Crippen LogP contribution is -2.37. The van der Waals surface area contributed by atoms with Crippen LogP contribution in [0.15, 0.2) is 0 Å². The molecule has 0 radical (unpaired) electrons. The second-order valence-corrected chi connectivity index (χ2v) is 9.42. The minimum atomic E-state index is -4.93. The van der Waals surface area contributed by atoms with Crippen molar-refractivity contribution in [2.24, 2.45) is 0 Å². The quantitative estimate of drug-likeness (QED) is 0.616. The van der Waals surface area contributed by atoms with Gasteiger partial charge in [0.05, 0.1) is 0 Å². The van der Waals surface area contributed by atoms with Crippen LogP contribution in [0.5, 0.6) is 0 Å². The summed E-state index contributed by atoms with van der Waals surface area (Å²) in [7, 11) is -14.6. The SMILES string of the molecule is CC(S(=O)(=O)O)S(=O)(=O)C(C)S(=O)(=O)O. The Morgan fingerprint density at radius 1 is 0.733 bits per heavy atom. The smallest absolute Gasteiger partial charge is 0.282 e. The number of sulfone groups is 1. The van der Waals surface area contributed by atoms with Crippen molar-refractivity contribution in [3.05, 3.63) is 0 Å². The van der Waals surface area contributed by atoms with E-state index >= 15 is 0 Å². The maximum absolute atomic E-state index is 11.2. The molecule has 2 atom stereocenters. The molecule has 2 unspecified atom stereocenters. The van der Waals surface area contributed by atoms with Crippen molar-refractivity contribution in [1.29, 1.82) is 0 Å². The fourth-order valence-corrected chi connectivity index (χ4v) is 5.07. The van der Waals surface area contributed by atoms with Gasteiger partial charge < -0.3 is 0 Å². The Hall–Kier alpha value is -0.230. The minimum Gasteiger partial charge on any atom is -0.285 e. The van der Waals surface area contributed by atoms with Crippen LogP contribution in [0.1, 0.15) is 13.8 Å². The molecular weight excluding hydrogens is 272 g/mol. The van der Waals surface area contributed by atoms with Gasteiger partial charge in [-0.3, -0.25) is 9.11 Å². The van der Waals surface area contributed by atoms with E-state index in [0.717, 1.165) is 0 Å². The predicted octanol–water partition coefficient (Wildman–Crippen LogP) is -1.13. The molecule has 0 amide bonds. The highest BCUT2D eigenvalue weighted by atomic mass is 32.3. The molecule has 15 heavy (non-hydrogen) atoms. The van der Waals surface area contributed by atoms with Gasteiger partial charge in [0, 0.05) is 0 Å². The van der Waals surface area contributed by atoms with Crippen LogP contribution in [0.2, 0.25) is 0 Å². The van der Waals surface area contributed by atoms with E-state index in [9.17, 15) is 25.3 Å². The fraction of sp³-hybridized carbons (Fsp3) is 1.00. The van der Waals surface area contributed by atoms with Gasteiger partial charge >= 0.3 is 0 Å². The summed E-state index contributed by atoms with van der Waals surface area (Å²) in [6, 6.07) is 0. The molecular formula is C4H10O8S3. The molecule has 92 valence electrons. The first-order valence-electron chi connectivity index (χ1n) is 3.46. The van der Waals surface area contributed by atoms with Crippen LogP contribution in [0.3, 0.4) is 0 Å². The molecule has 0 aromatic carbocycles. The van der Waals surface area contributed by atoms with Gasteiger partial charge in [0.15, 0.2) is 19.0 Å². The Bertz CT molecular complexity index is 478. The summed E-state index contributed by atoms with van der Waals surface area (Å²) in [5.74, 6) is 0. The normalized spacial score (nSPS) is 18.4. The van der Waals surface area contributed by atoms with E-state index in [0.29, 0.717) is 13.8 Å². The first-order chi connectivity index (χ1) is 6.31. The minimum absolute atomic E-state index is 0.604. The van der Waals surface area contributed by atoms with Gasteiger partial charge in [0.25, 0.3) is 20.2 Å². The van der Waals surface area contributed by atoms with Crippen LogP contribution in [0.4, 0.5) is 0 Å². The highest BCUT2D eigenvalue weighted by molar-refractivity contribution is 8.13. The standard InChI is InChI=1S/C4H10O8S3/c1-3(14(7,8)9)13(5,6)4(2)15(10,11)12/h3-4H,1-2H3,(H,7,8,9)(H,10,11,12). The number of rotatable bonds is 4. The summed E-state index contributed by atoms with van der Waals surface area (Å²) in [6.45, 7) is 1.21. The summed E-state index contributed by atoms with van der Waals surface area (Å²) < 4.78 is 76.8. The van der Waals surface area contributed by atoms with Gasteiger partial charge in [-0.05, 0) is 13.8 Å². The molecule has 0 saturated carbocycles. The Balaban J connectivity index is 5.58. The number of hydrogen-bond donors (Lipinski definition) is 2. The molecule has 0 spiro atoms. The summed E-state index contributed by atoms with van der Waals surface area (Å²) in [5.41, 5.74) is 0. The lowest BCUT2D eigenvalue weighted by molar-refractivity contribution is 0.475. The zero-order chi connectivity index (χ0) is 12.7. The molecule has 0 bridgehead atoms. The van der Waals surface area contributed by atoms with Crippen LogP contribution in [-0.4, -0.2) is 43.5 Å². The van der Waals surface area contributed by atoms with E-state index in [1.54, 1.807) is 0 Å². The van der Waals surface area contributed by atoms with E-state index < -0.39 is 39.2 Å². The molecule has 0 aliphatic rings. The topological polar surface area (TPSA) is 143 Å². The molecule has 0 aromatic rings. The van der Waals surface area contributed by atoms with Gasteiger partial charge in [-0.1, -0.05) is 0 Å². The van der Waals surface area contributed by atoms with Crippen molar-refractivity contribution >= 4 is 30.1 Å². The second kappa shape index (κ2) is 3.97. The Kier molecular flexibility index (Phi) is 3.91. The van der Waals surface area contributed by atoms with Crippen molar-refractivity contribution in [1.82, 2.24) is 0 Å². The third-order valence-corrected chi connectivity index (χ3v) is 8.36. The van der Waals surface area contributed by atoms with E-state index in [2.05, 4.69) is 0 Å². The predicted molar refractivity (Wildman–Crippen MR) is 50.9 cm³/mol. The highest BCUT2D eigenvalue weighted by Gasteiger charge is 2.42. The first kappa shape index (κ1) is 14.8. The molecule has 11 heteroatoms. The Labute approximate surface area is 87.7 Å². The largest absolute Gasteiger partial charge is 0.285 e.